The first-order valence-corrected chi connectivity index (χ1v) is 3.21. The van der Waals surface area contributed by atoms with Crippen molar-refractivity contribution in [3.63, 3.8) is 0 Å². The Balaban J connectivity index is 2.87. The second-order valence-corrected chi connectivity index (χ2v) is 2.01. The third kappa shape index (κ3) is 2.36. The molecule has 0 spiro atoms. The van der Waals surface area contributed by atoms with Gasteiger partial charge in [0.1, 0.15) is 12.3 Å². The van der Waals surface area contributed by atoms with Gasteiger partial charge in [-0.25, -0.2) is 4.98 Å². The lowest BCUT2D eigenvalue weighted by molar-refractivity contribution is 0.350. The highest BCUT2D eigenvalue weighted by molar-refractivity contribution is 5.25. The van der Waals surface area contributed by atoms with Gasteiger partial charge >= 0.3 is 0 Å². The van der Waals surface area contributed by atoms with E-state index in [1.807, 2.05) is 6.92 Å². The van der Waals surface area contributed by atoms with Gasteiger partial charge in [-0.2, -0.15) is 0 Å². The molecule has 0 saturated carbocycles. The van der Waals surface area contributed by atoms with Gasteiger partial charge in [-0.3, -0.25) is 4.98 Å². The molecule has 3 nitrogen and oxygen atoms in total. The van der Waals surface area contributed by atoms with Crippen molar-refractivity contribution >= 4 is 0 Å². The molecule has 1 aromatic rings. The number of rotatable bonds is 0. The van der Waals surface area contributed by atoms with Crippen molar-refractivity contribution in [2.45, 2.75) is 6.92 Å². The Kier molecular flexibility index (Phi) is 2.59. The molecule has 1 N–H and O–H groups in total. The fourth-order valence-corrected chi connectivity index (χ4v) is 0.654. The van der Waals surface area contributed by atoms with E-state index in [9.17, 15) is 0 Å². The summed E-state index contributed by atoms with van der Waals surface area (Å²) in [6.07, 6.45) is 3.22. The standard InChI is InChI=1S/C8H8N2O/c1-7-5-9-6-8(10-7)3-2-4-11/h5-6,11H,4H2,1H3. The lowest BCUT2D eigenvalue weighted by atomic mass is 10.4. The van der Waals surface area contributed by atoms with E-state index < -0.39 is 0 Å². The Morgan fingerprint density at radius 3 is 3.00 bits per heavy atom. The quantitative estimate of drug-likeness (QED) is 0.532. The predicted octanol–water partition coefficient (Wildman–Crippen LogP) is 0.129. The molecule has 0 aromatic carbocycles. The summed E-state index contributed by atoms with van der Waals surface area (Å²) in [5.74, 6) is 5.16. The Morgan fingerprint density at radius 1 is 1.55 bits per heavy atom. The van der Waals surface area contributed by atoms with Crippen LogP contribution in [0.5, 0.6) is 0 Å². The monoisotopic (exact) mass is 148 g/mol. The van der Waals surface area contributed by atoms with E-state index in [0.29, 0.717) is 5.69 Å². The molecule has 11 heavy (non-hydrogen) atoms. The highest BCUT2D eigenvalue weighted by atomic mass is 16.2. The SMILES string of the molecule is Cc1cncc(C#CCO)n1. The molecule has 0 aliphatic rings. The summed E-state index contributed by atoms with van der Waals surface area (Å²) in [5.41, 5.74) is 1.42. The number of aryl methyl sites for hydroxylation is 1. The summed E-state index contributed by atoms with van der Waals surface area (Å²) >= 11 is 0. The van der Waals surface area contributed by atoms with Crippen LogP contribution in [0.1, 0.15) is 11.4 Å². The molecule has 0 radical (unpaired) electrons. The average molecular weight is 148 g/mol. The van der Waals surface area contributed by atoms with Crippen LogP contribution < -0.4 is 0 Å². The van der Waals surface area contributed by atoms with Crippen LogP contribution >= 0.6 is 0 Å². The van der Waals surface area contributed by atoms with Gasteiger partial charge in [0, 0.05) is 6.20 Å². The number of hydrogen-bond donors (Lipinski definition) is 1. The number of aliphatic hydroxyl groups excluding tert-OH is 1. The van der Waals surface area contributed by atoms with Crippen LogP contribution in [0.15, 0.2) is 12.4 Å². The molecule has 0 unspecified atom stereocenters. The zero-order valence-corrected chi connectivity index (χ0v) is 6.20. The topological polar surface area (TPSA) is 46.0 Å². The summed E-state index contributed by atoms with van der Waals surface area (Å²) in [5, 5.41) is 8.38. The largest absolute Gasteiger partial charge is 0.384 e. The van der Waals surface area contributed by atoms with Crippen LogP contribution in [-0.2, 0) is 0 Å². The van der Waals surface area contributed by atoms with Gasteiger partial charge in [0.25, 0.3) is 0 Å². The molecule has 0 bridgehead atoms. The maximum Gasteiger partial charge on any atom is 0.131 e. The zero-order chi connectivity index (χ0) is 8.10. The van der Waals surface area contributed by atoms with Crippen LogP contribution in [0.4, 0.5) is 0 Å². The summed E-state index contributed by atoms with van der Waals surface area (Å²) in [7, 11) is 0. The number of nitrogens with zero attached hydrogens (tertiary/aromatic N) is 2. The molecular formula is C8H8N2O. The minimum absolute atomic E-state index is 0.143. The van der Waals surface area contributed by atoms with Crippen LogP contribution in [0, 0.1) is 18.8 Å². The van der Waals surface area contributed by atoms with Crippen molar-refractivity contribution in [2.75, 3.05) is 6.61 Å². The van der Waals surface area contributed by atoms with Crippen LogP contribution in [0.3, 0.4) is 0 Å². The van der Waals surface area contributed by atoms with Gasteiger partial charge < -0.3 is 5.11 Å². The minimum Gasteiger partial charge on any atom is -0.384 e. The molecule has 56 valence electrons. The second-order valence-electron chi connectivity index (χ2n) is 2.01. The van der Waals surface area contributed by atoms with Crippen molar-refractivity contribution < 1.29 is 5.11 Å². The first-order valence-electron chi connectivity index (χ1n) is 3.21. The van der Waals surface area contributed by atoms with Crippen LogP contribution in [0.2, 0.25) is 0 Å². The van der Waals surface area contributed by atoms with Crippen molar-refractivity contribution in [1.82, 2.24) is 9.97 Å². The van der Waals surface area contributed by atoms with Gasteiger partial charge in [0.15, 0.2) is 0 Å². The van der Waals surface area contributed by atoms with Crippen molar-refractivity contribution in [1.29, 1.82) is 0 Å². The first-order chi connectivity index (χ1) is 5.33. The van der Waals surface area contributed by atoms with E-state index in [0.717, 1.165) is 5.69 Å². The Labute approximate surface area is 65.1 Å². The summed E-state index contributed by atoms with van der Waals surface area (Å²) in [6.45, 7) is 1.70. The summed E-state index contributed by atoms with van der Waals surface area (Å²) in [4.78, 5) is 7.95. The highest BCUT2D eigenvalue weighted by Crippen LogP contribution is 1.91. The molecule has 1 aromatic heterocycles. The molecule has 1 rings (SSSR count). The molecule has 3 heteroatoms. The van der Waals surface area contributed by atoms with E-state index in [4.69, 9.17) is 5.11 Å². The predicted molar refractivity (Wildman–Crippen MR) is 40.7 cm³/mol. The van der Waals surface area contributed by atoms with Gasteiger partial charge in [0.2, 0.25) is 0 Å². The fourth-order valence-electron chi connectivity index (χ4n) is 0.654. The third-order valence-electron chi connectivity index (χ3n) is 1.05. The van der Waals surface area contributed by atoms with Crippen molar-refractivity contribution in [2.24, 2.45) is 0 Å². The van der Waals surface area contributed by atoms with Gasteiger partial charge in [0.05, 0.1) is 11.9 Å². The number of aliphatic hydroxyl groups is 1. The zero-order valence-electron chi connectivity index (χ0n) is 6.20. The third-order valence-corrected chi connectivity index (χ3v) is 1.05. The molecule has 0 fully saturated rings. The summed E-state index contributed by atoms with van der Waals surface area (Å²) in [6, 6.07) is 0. The summed E-state index contributed by atoms with van der Waals surface area (Å²) < 4.78 is 0. The minimum atomic E-state index is -0.143. The average Bonchev–Trinajstić information content (AvgIpc) is 2.01. The Hall–Kier alpha value is -1.40. The molecule has 1 heterocycles. The number of aromatic nitrogens is 2. The van der Waals surface area contributed by atoms with E-state index in [1.54, 1.807) is 12.4 Å². The maximum absolute atomic E-state index is 8.38. The lowest BCUT2D eigenvalue weighted by Gasteiger charge is -1.89. The molecule has 0 saturated heterocycles. The molecule has 0 amide bonds. The van der Waals surface area contributed by atoms with Crippen LogP contribution in [0.25, 0.3) is 0 Å². The smallest absolute Gasteiger partial charge is 0.131 e. The fraction of sp³-hybridized carbons (Fsp3) is 0.250. The first kappa shape index (κ1) is 7.70. The van der Waals surface area contributed by atoms with E-state index >= 15 is 0 Å². The Morgan fingerprint density at radius 2 is 2.36 bits per heavy atom. The second kappa shape index (κ2) is 3.69. The van der Waals surface area contributed by atoms with Crippen molar-refractivity contribution in [3.05, 3.63) is 23.8 Å². The maximum atomic E-state index is 8.38. The van der Waals surface area contributed by atoms with Gasteiger partial charge in [-0.05, 0) is 12.8 Å². The van der Waals surface area contributed by atoms with E-state index in [1.165, 1.54) is 0 Å². The number of hydrogen-bond acceptors (Lipinski definition) is 3. The molecule has 0 aliphatic carbocycles. The van der Waals surface area contributed by atoms with E-state index in [-0.39, 0.29) is 6.61 Å². The van der Waals surface area contributed by atoms with Gasteiger partial charge in [-0.15, -0.1) is 0 Å². The van der Waals surface area contributed by atoms with Gasteiger partial charge in [-0.1, -0.05) is 5.92 Å². The lowest BCUT2D eigenvalue weighted by Crippen LogP contribution is -1.88. The van der Waals surface area contributed by atoms with Crippen LogP contribution in [-0.4, -0.2) is 21.7 Å². The van der Waals surface area contributed by atoms with E-state index in [2.05, 4.69) is 21.8 Å². The molecule has 0 aliphatic heterocycles. The molecular weight excluding hydrogens is 140 g/mol. The molecule has 0 atom stereocenters. The van der Waals surface area contributed by atoms with Crippen molar-refractivity contribution in [3.8, 4) is 11.8 Å². The Bertz CT molecular complexity index is 298. The normalized spacial score (nSPS) is 8.55. The highest BCUT2D eigenvalue weighted by Gasteiger charge is 1.87.